The summed E-state index contributed by atoms with van der Waals surface area (Å²) in [5, 5.41) is -0.231. The Kier molecular flexibility index (Phi) is 3.66. The van der Waals surface area contributed by atoms with Gasteiger partial charge in [0.1, 0.15) is 5.76 Å². The normalized spacial score (nSPS) is 14.2. The lowest BCUT2D eigenvalue weighted by Crippen LogP contribution is -2.15. The first-order valence-electron chi connectivity index (χ1n) is 5.22. The standard InChI is InChI=1S/C11H18ClNO2/c1-5-6-7-8(13-10(14)15-7)9(12)11(2,3)4/h9H,5-6H2,1-4H3,(H,13,14). The molecule has 1 heterocycles. The maximum absolute atomic E-state index is 11.1. The molecular weight excluding hydrogens is 214 g/mol. The third-order valence-electron chi connectivity index (χ3n) is 2.24. The molecule has 1 unspecified atom stereocenters. The molecule has 1 N–H and O–H groups in total. The van der Waals surface area contributed by atoms with Crippen LogP contribution in [0.2, 0.25) is 0 Å². The number of hydrogen-bond donors (Lipinski definition) is 1. The second-order valence-electron chi connectivity index (χ2n) is 4.83. The molecule has 86 valence electrons. The van der Waals surface area contributed by atoms with Gasteiger partial charge in [0.2, 0.25) is 0 Å². The highest BCUT2D eigenvalue weighted by atomic mass is 35.5. The molecule has 0 aliphatic carbocycles. The van der Waals surface area contributed by atoms with Crippen molar-refractivity contribution < 1.29 is 4.42 Å². The van der Waals surface area contributed by atoms with Crippen LogP contribution in [0.5, 0.6) is 0 Å². The maximum atomic E-state index is 11.1. The molecule has 1 aromatic heterocycles. The third-order valence-corrected chi connectivity index (χ3v) is 3.12. The van der Waals surface area contributed by atoms with E-state index < -0.39 is 5.76 Å². The number of rotatable bonds is 3. The highest BCUT2D eigenvalue weighted by Crippen LogP contribution is 2.38. The summed E-state index contributed by atoms with van der Waals surface area (Å²) in [6, 6.07) is 0. The molecule has 1 atom stereocenters. The van der Waals surface area contributed by atoms with E-state index in [0.29, 0.717) is 5.76 Å². The maximum Gasteiger partial charge on any atom is 0.416 e. The van der Waals surface area contributed by atoms with E-state index in [-0.39, 0.29) is 10.8 Å². The Morgan fingerprint density at radius 2 is 2.07 bits per heavy atom. The number of H-pyrrole nitrogens is 1. The molecule has 0 aromatic carbocycles. The lowest BCUT2D eigenvalue weighted by molar-refractivity contribution is 0.385. The summed E-state index contributed by atoms with van der Waals surface area (Å²) in [5.41, 5.74) is 0.632. The predicted octanol–water partition coefficient (Wildman–Crippen LogP) is 3.25. The van der Waals surface area contributed by atoms with Gasteiger partial charge in [-0.25, -0.2) is 4.79 Å². The summed E-state index contributed by atoms with van der Waals surface area (Å²) >= 11 is 6.31. The summed E-state index contributed by atoms with van der Waals surface area (Å²) in [4.78, 5) is 13.8. The van der Waals surface area contributed by atoms with Crippen LogP contribution in [0.25, 0.3) is 0 Å². The van der Waals surface area contributed by atoms with Crippen LogP contribution in [0.15, 0.2) is 9.21 Å². The van der Waals surface area contributed by atoms with Gasteiger partial charge in [-0.2, -0.15) is 0 Å². The van der Waals surface area contributed by atoms with Crippen molar-refractivity contribution in [3.8, 4) is 0 Å². The van der Waals surface area contributed by atoms with Crippen molar-refractivity contribution in [1.82, 2.24) is 4.98 Å². The lowest BCUT2D eigenvalue weighted by Gasteiger charge is -2.24. The molecule has 0 fully saturated rings. The Bertz CT molecular complexity index is 373. The molecule has 15 heavy (non-hydrogen) atoms. The van der Waals surface area contributed by atoms with Crippen molar-refractivity contribution in [2.24, 2.45) is 5.41 Å². The number of hydrogen-bond acceptors (Lipinski definition) is 2. The van der Waals surface area contributed by atoms with Crippen molar-refractivity contribution in [1.29, 1.82) is 0 Å². The number of oxazole rings is 1. The zero-order valence-corrected chi connectivity index (χ0v) is 10.4. The van der Waals surface area contributed by atoms with Crippen LogP contribution in [-0.2, 0) is 6.42 Å². The number of nitrogens with one attached hydrogen (secondary N) is 1. The van der Waals surface area contributed by atoms with Gasteiger partial charge in [0.25, 0.3) is 0 Å². The van der Waals surface area contributed by atoms with Gasteiger partial charge in [0.15, 0.2) is 0 Å². The van der Waals surface area contributed by atoms with Crippen molar-refractivity contribution in [3.63, 3.8) is 0 Å². The van der Waals surface area contributed by atoms with Gasteiger partial charge in [-0.05, 0) is 11.8 Å². The topological polar surface area (TPSA) is 46.0 Å². The summed E-state index contributed by atoms with van der Waals surface area (Å²) < 4.78 is 5.08. The molecule has 0 aliphatic heterocycles. The minimum absolute atomic E-state index is 0.100. The number of aryl methyl sites for hydroxylation is 1. The fourth-order valence-electron chi connectivity index (χ4n) is 1.42. The molecule has 0 saturated heterocycles. The molecule has 1 aromatic rings. The number of aromatic amines is 1. The number of halogens is 1. The van der Waals surface area contributed by atoms with Crippen LogP contribution in [0, 0.1) is 5.41 Å². The average Bonchev–Trinajstić information content (AvgIpc) is 2.44. The fraction of sp³-hybridized carbons (Fsp3) is 0.727. The van der Waals surface area contributed by atoms with Crippen LogP contribution in [0.4, 0.5) is 0 Å². The van der Waals surface area contributed by atoms with Gasteiger partial charge >= 0.3 is 5.76 Å². The van der Waals surface area contributed by atoms with E-state index in [0.717, 1.165) is 18.5 Å². The zero-order valence-electron chi connectivity index (χ0n) is 9.69. The summed E-state index contributed by atoms with van der Waals surface area (Å²) in [6.45, 7) is 8.14. The molecule has 0 amide bonds. The van der Waals surface area contributed by atoms with E-state index >= 15 is 0 Å². The molecule has 1 rings (SSSR count). The molecule has 0 saturated carbocycles. The molecule has 0 radical (unpaired) electrons. The molecule has 3 nitrogen and oxygen atoms in total. The minimum Gasteiger partial charge on any atom is -0.413 e. The smallest absolute Gasteiger partial charge is 0.413 e. The summed E-state index contributed by atoms with van der Waals surface area (Å²) in [6.07, 6.45) is 1.68. The van der Waals surface area contributed by atoms with Crippen LogP contribution in [-0.4, -0.2) is 4.98 Å². The van der Waals surface area contributed by atoms with E-state index in [1.165, 1.54) is 0 Å². The molecule has 0 spiro atoms. The minimum atomic E-state index is -0.414. The van der Waals surface area contributed by atoms with Gasteiger partial charge in [0, 0.05) is 6.42 Å². The second kappa shape index (κ2) is 4.44. The van der Waals surface area contributed by atoms with Crippen LogP contribution in [0.3, 0.4) is 0 Å². The second-order valence-corrected chi connectivity index (χ2v) is 5.27. The van der Waals surface area contributed by atoms with Gasteiger partial charge in [-0.15, -0.1) is 11.6 Å². The average molecular weight is 232 g/mol. The lowest BCUT2D eigenvalue weighted by atomic mass is 9.89. The van der Waals surface area contributed by atoms with E-state index in [2.05, 4.69) is 4.98 Å². The fourth-order valence-corrected chi connectivity index (χ4v) is 1.60. The highest BCUT2D eigenvalue weighted by Gasteiger charge is 2.28. The van der Waals surface area contributed by atoms with Gasteiger partial charge in [-0.3, -0.25) is 4.98 Å². The third kappa shape index (κ3) is 2.88. The molecule has 0 bridgehead atoms. The predicted molar refractivity (Wildman–Crippen MR) is 61.4 cm³/mol. The largest absolute Gasteiger partial charge is 0.416 e. The number of alkyl halides is 1. The van der Waals surface area contributed by atoms with Crippen LogP contribution >= 0.6 is 11.6 Å². The van der Waals surface area contributed by atoms with Crippen LogP contribution < -0.4 is 5.76 Å². The Morgan fingerprint density at radius 1 is 1.47 bits per heavy atom. The van der Waals surface area contributed by atoms with E-state index in [1.807, 2.05) is 27.7 Å². The first kappa shape index (κ1) is 12.4. The zero-order chi connectivity index (χ0) is 11.6. The summed E-state index contributed by atoms with van der Waals surface area (Å²) in [5.74, 6) is 0.278. The number of aromatic nitrogens is 1. The summed E-state index contributed by atoms with van der Waals surface area (Å²) in [7, 11) is 0. The van der Waals surface area contributed by atoms with Crippen molar-refractivity contribution >= 4 is 11.6 Å². The first-order chi connectivity index (χ1) is 6.86. The Balaban J connectivity index is 3.07. The quantitative estimate of drug-likeness (QED) is 0.812. The van der Waals surface area contributed by atoms with Gasteiger partial charge in [0.05, 0.1) is 11.1 Å². The van der Waals surface area contributed by atoms with Gasteiger partial charge in [-0.1, -0.05) is 27.7 Å². The molecular formula is C11H18ClNO2. The van der Waals surface area contributed by atoms with E-state index in [9.17, 15) is 4.79 Å². The SMILES string of the molecule is CCCc1oc(=O)[nH]c1C(Cl)C(C)(C)C. The van der Waals surface area contributed by atoms with Crippen molar-refractivity contribution in [3.05, 3.63) is 22.0 Å². The van der Waals surface area contributed by atoms with Crippen LogP contribution in [0.1, 0.15) is 50.9 Å². The Labute approximate surface area is 94.8 Å². The Hall–Kier alpha value is -0.700. The highest BCUT2D eigenvalue weighted by molar-refractivity contribution is 6.21. The Morgan fingerprint density at radius 3 is 2.53 bits per heavy atom. The van der Waals surface area contributed by atoms with Crippen molar-refractivity contribution in [2.45, 2.75) is 45.9 Å². The first-order valence-corrected chi connectivity index (χ1v) is 5.66. The van der Waals surface area contributed by atoms with E-state index in [1.54, 1.807) is 0 Å². The monoisotopic (exact) mass is 231 g/mol. The van der Waals surface area contributed by atoms with Crippen molar-refractivity contribution in [2.75, 3.05) is 0 Å². The molecule has 0 aliphatic rings. The van der Waals surface area contributed by atoms with Gasteiger partial charge < -0.3 is 4.42 Å². The van der Waals surface area contributed by atoms with E-state index in [4.69, 9.17) is 16.0 Å². The molecule has 4 heteroatoms.